The van der Waals surface area contributed by atoms with Crippen LogP contribution in [0, 0.1) is 12.3 Å². The lowest BCUT2D eigenvalue weighted by Gasteiger charge is -2.11. The van der Waals surface area contributed by atoms with Crippen molar-refractivity contribution in [2.24, 2.45) is 5.41 Å². The number of hydrogen-bond donors (Lipinski definition) is 1. The Balaban J connectivity index is 2.05. The molecule has 1 aromatic rings. The minimum absolute atomic E-state index is 0.0203. The van der Waals surface area contributed by atoms with Gasteiger partial charge in [-0.25, -0.2) is 0 Å². The fraction of sp³-hybridized carbons (Fsp3) is 0.462. The van der Waals surface area contributed by atoms with E-state index in [0.29, 0.717) is 16.0 Å². The third kappa shape index (κ3) is 2.38. The molecule has 0 heterocycles. The largest absolute Gasteiger partial charge is 0.351 e. The summed E-state index contributed by atoms with van der Waals surface area (Å²) in [4.78, 5) is 11.9. The molecule has 1 aliphatic rings. The smallest absolute Gasteiger partial charge is 0.251 e. The number of halogens is 1. The Hall–Kier alpha value is -1.02. The Morgan fingerprint density at radius 2 is 2.19 bits per heavy atom. The molecule has 1 aliphatic carbocycles. The second kappa shape index (κ2) is 4.10. The molecular weight excluding hydrogens is 222 g/mol. The molecule has 0 saturated heterocycles. The molecule has 0 unspecified atom stereocenters. The van der Waals surface area contributed by atoms with Gasteiger partial charge in [0.1, 0.15) is 0 Å². The van der Waals surface area contributed by atoms with E-state index in [9.17, 15) is 4.79 Å². The van der Waals surface area contributed by atoms with E-state index >= 15 is 0 Å². The van der Waals surface area contributed by atoms with Crippen molar-refractivity contribution in [2.45, 2.75) is 26.7 Å². The van der Waals surface area contributed by atoms with Gasteiger partial charge in [0.25, 0.3) is 5.91 Å². The van der Waals surface area contributed by atoms with Crippen LogP contribution in [0.1, 0.15) is 35.7 Å². The zero-order valence-corrected chi connectivity index (χ0v) is 10.4. The van der Waals surface area contributed by atoms with E-state index in [-0.39, 0.29) is 5.91 Å². The molecule has 1 fully saturated rings. The summed E-state index contributed by atoms with van der Waals surface area (Å²) in [7, 11) is 0. The second-order valence-electron chi connectivity index (χ2n) is 4.91. The lowest BCUT2D eigenvalue weighted by Crippen LogP contribution is -2.29. The van der Waals surface area contributed by atoms with Crippen LogP contribution in [0.4, 0.5) is 0 Å². The lowest BCUT2D eigenvalue weighted by molar-refractivity contribution is 0.0945. The van der Waals surface area contributed by atoms with Crippen LogP contribution in [0.3, 0.4) is 0 Å². The molecule has 2 rings (SSSR count). The Morgan fingerprint density at radius 3 is 2.81 bits per heavy atom. The van der Waals surface area contributed by atoms with Crippen LogP contribution in [-0.2, 0) is 0 Å². The van der Waals surface area contributed by atoms with Crippen LogP contribution in [0.2, 0.25) is 5.02 Å². The maximum Gasteiger partial charge on any atom is 0.251 e. The highest BCUT2D eigenvalue weighted by molar-refractivity contribution is 6.31. The molecule has 1 saturated carbocycles. The molecule has 0 aliphatic heterocycles. The van der Waals surface area contributed by atoms with E-state index in [2.05, 4.69) is 12.2 Å². The summed E-state index contributed by atoms with van der Waals surface area (Å²) in [5.74, 6) is -0.0203. The molecule has 0 radical (unpaired) electrons. The molecule has 0 aromatic heterocycles. The molecule has 0 spiro atoms. The van der Waals surface area contributed by atoms with E-state index in [4.69, 9.17) is 11.6 Å². The molecule has 16 heavy (non-hydrogen) atoms. The second-order valence-corrected chi connectivity index (χ2v) is 5.31. The summed E-state index contributed by atoms with van der Waals surface area (Å²) in [6, 6.07) is 5.42. The number of benzene rings is 1. The van der Waals surface area contributed by atoms with Gasteiger partial charge in [-0.15, -0.1) is 0 Å². The quantitative estimate of drug-likeness (QED) is 0.860. The first-order chi connectivity index (χ1) is 7.52. The fourth-order valence-corrected chi connectivity index (χ4v) is 1.81. The first-order valence-electron chi connectivity index (χ1n) is 5.55. The van der Waals surface area contributed by atoms with Crippen molar-refractivity contribution in [1.29, 1.82) is 0 Å². The molecule has 0 atom stereocenters. The van der Waals surface area contributed by atoms with Crippen LogP contribution in [0.15, 0.2) is 18.2 Å². The van der Waals surface area contributed by atoms with Gasteiger partial charge in [0.15, 0.2) is 0 Å². The molecule has 86 valence electrons. The number of nitrogens with one attached hydrogen (secondary N) is 1. The van der Waals surface area contributed by atoms with Crippen LogP contribution in [0.25, 0.3) is 0 Å². The zero-order chi connectivity index (χ0) is 11.8. The Bertz CT molecular complexity index is 424. The Morgan fingerprint density at radius 1 is 1.50 bits per heavy atom. The van der Waals surface area contributed by atoms with Gasteiger partial charge in [-0.05, 0) is 42.9 Å². The van der Waals surface area contributed by atoms with Gasteiger partial charge in [-0.2, -0.15) is 0 Å². The van der Waals surface area contributed by atoms with Crippen molar-refractivity contribution in [1.82, 2.24) is 5.32 Å². The van der Waals surface area contributed by atoms with Crippen molar-refractivity contribution in [3.63, 3.8) is 0 Å². The maximum absolute atomic E-state index is 11.9. The lowest BCUT2D eigenvalue weighted by atomic mass is 10.1. The van der Waals surface area contributed by atoms with E-state index in [1.54, 1.807) is 6.07 Å². The first kappa shape index (κ1) is 11.5. The number of amides is 1. The van der Waals surface area contributed by atoms with Gasteiger partial charge in [-0.1, -0.05) is 24.6 Å². The van der Waals surface area contributed by atoms with E-state index in [1.165, 1.54) is 12.8 Å². The van der Waals surface area contributed by atoms with Crippen molar-refractivity contribution in [3.05, 3.63) is 34.3 Å². The van der Waals surface area contributed by atoms with Gasteiger partial charge in [0.05, 0.1) is 0 Å². The Labute approximate surface area is 101 Å². The summed E-state index contributed by atoms with van der Waals surface area (Å²) >= 11 is 5.98. The highest BCUT2D eigenvalue weighted by atomic mass is 35.5. The first-order valence-corrected chi connectivity index (χ1v) is 5.93. The molecule has 1 N–H and O–H groups in total. The standard InChI is InChI=1S/C13H16ClNO/c1-9-10(4-3-5-11(9)14)12(16)15-8-13(2)6-7-13/h3-5H,6-8H2,1-2H3,(H,15,16). The predicted molar refractivity (Wildman–Crippen MR) is 65.9 cm³/mol. The third-order valence-corrected chi connectivity index (χ3v) is 3.70. The number of carbonyl (C=O) groups excluding carboxylic acids is 1. The molecule has 3 heteroatoms. The van der Waals surface area contributed by atoms with Crippen molar-refractivity contribution in [2.75, 3.05) is 6.54 Å². The summed E-state index contributed by atoms with van der Waals surface area (Å²) in [6.07, 6.45) is 2.42. The van der Waals surface area contributed by atoms with Crippen LogP contribution in [-0.4, -0.2) is 12.5 Å². The van der Waals surface area contributed by atoms with Gasteiger partial charge >= 0.3 is 0 Å². The highest BCUT2D eigenvalue weighted by Gasteiger charge is 2.37. The average molecular weight is 238 g/mol. The predicted octanol–water partition coefficient (Wildman–Crippen LogP) is 3.18. The highest BCUT2D eigenvalue weighted by Crippen LogP contribution is 2.44. The number of hydrogen-bond acceptors (Lipinski definition) is 1. The average Bonchev–Trinajstić information content (AvgIpc) is 2.98. The fourth-order valence-electron chi connectivity index (χ4n) is 1.63. The number of carbonyl (C=O) groups is 1. The van der Waals surface area contributed by atoms with Crippen molar-refractivity contribution >= 4 is 17.5 Å². The summed E-state index contributed by atoms with van der Waals surface area (Å²) in [5.41, 5.74) is 1.86. The summed E-state index contributed by atoms with van der Waals surface area (Å²) < 4.78 is 0. The SMILES string of the molecule is Cc1c(Cl)cccc1C(=O)NCC1(C)CC1. The van der Waals surface area contributed by atoms with E-state index < -0.39 is 0 Å². The minimum Gasteiger partial charge on any atom is -0.351 e. The van der Waals surface area contributed by atoms with Gasteiger partial charge in [-0.3, -0.25) is 4.79 Å². The van der Waals surface area contributed by atoms with Crippen LogP contribution < -0.4 is 5.32 Å². The monoisotopic (exact) mass is 237 g/mol. The van der Waals surface area contributed by atoms with Crippen LogP contribution in [0.5, 0.6) is 0 Å². The Kier molecular flexibility index (Phi) is 2.94. The topological polar surface area (TPSA) is 29.1 Å². The van der Waals surface area contributed by atoms with Gasteiger partial charge in [0.2, 0.25) is 0 Å². The third-order valence-electron chi connectivity index (χ3n) is 3.29. The minimum atomic E-state index is -0.0203. The zero-order valence-electron chi connectivity index (χ0n) is 9.64. The van der Waals surface area contributed by atoms with Crippen molar-refractivity contribution in [3.8, 4) is 0 Å². The van der Waals surface area contributed by atoms with Gasteiger partial charge < -0.3 is 5.32 Å². The number of rotatable bonds is 3. The molecule has 1 amide bonds. The maximum atomic E-state index is 11.9. The summed E-state index contributed by atoms with van der Waals surface area (Å²) in [5, 5.41) is 3.62. The van der Waals surface area contributed by atoms with Crippen molar-refractivity contribution < 1.29 is 4.79 Å². The summed E-state index contributed by atoms with van der Waals surface area (Å²) in [6.45, 7) is 4.83. The van der Waals surface area contributed by atoms with Gasteiger partial charge in [0, 0.05) is 17.1 Å². The van der Waals surface area contributed by atoms with E-state index in [0.717, 1.165) is 12.1 Å². The molecule has 2 nitrogen and oxygen atoms in total. The normalized spacial score (nSPS) is 16.9. The van der Waals surface area contributed by atoms with Crippen LogP contribution >= 0.6 is 11.6 Å². The van der Waals surface area contributed by atoms with E-state index in [1.807, 2.05) is 19.1 Å². The molecule has 1 aromatic carbocycles. The molecule has 0 bridgehead atoms. The molecular formula is C13H16ClNO.